The number of aryl methyl sites for hydroxylation is 1. The fraction of sp³-hybridized carbons (Fsp3) is 0.100. The fourth-order valence-corrected chi connectivity index (χ4v) is 2.95. The number of nitrogens with zero attached hydrogens (tertiary/aromatic N) is 1. The van der Waals surface area contributed by atoms with Gasteiger partial charge in [-0.2, -0.15) is 0 Å². The quantitative estimate of drug-likeness (QED) is 0.590. The standard InChI is InChI=1S/C20H17N3O/c24-20(10-9-15-12-21-19-8-4-2-6-17(15)19)23-16-11-14-5-1-3-7-18(14)22-13-16/h1-8,11-13,21H,9-10H2,(H,23,24). The van der Waals surface area contributed by atoms with Gasteiger partial charge in [-0.15, -0.1) is 0 Å². The average Bonchev–Trinajstić information content (AvgIpc) is 3.03. The molecule has 2 N–H and O–H groups in total. The Morgan fingerprint density at radius 1 is 1.08 bits per heavy atom. The Bertz CT molecular complexity index is 1020. The van der Waals surface area contributed by atoms with Gasteiger partial charge in [-0.1, -0.05) is 36.4 Å². The van der Waals surface area contributed by atoms with Crippen molar-refractivity contribution in [2.45, 2.75) is 12.8 Å². The van der Waals surface area contributed by atoms with E-state index in [0.717, 1.165) is 27.7 Å². The average molecular weight is 315 g/mol. The highest BCUT2D eigenvalue weighted by atomic mass is 16.1. The number of amides is 1. The van der Waals surface area contributed by atoms with Crippen molar-refractivity contribution in [3.63, 3.8) is 0 Å². The number of nitrogens with one attached hydrogen (secondary N) is 2. The minimum absolute atomic E-state index is 0.00244. The maximum atomic E-state index is 12.2. The van der Waals surface area contributed by atoms with Gasteiger partial charge in [-0.25, -0.2) is 0 Å². The van der Waals surface area contributed by atoms with Crippen LogP contribution in [-0.2, 0) is 11.2 Å². The van der Waals surface area contributed by atoms with Gasteiger partial charge in [0, 0.05) is 28.9 Å². The van der Waals surface area contributed by atoms with Gasteiger partial charge in [0.25, 0.3) is 0 Å². The van der Waals surface area contributed by atoms with Crippen LogP contribution >= 0.6 is 0 Å². The van der Waals surface area contributed by atoms with E-state index in [0.29, 0.717) is 12.8 Å². The number of fused-ring (bicyclic) bond motifs is 2. The number of H-pyrrole nitrogens is 1. The molecule has 0 saturated heterocycles. The molecule has 0 radical (unpaired) electrons. The molecule has 0 unspecified atom stereocenters. The third-order valence-electron chi connectivity index (χ3n) is 4.17. The van der Waals surface area contributed by atoms with E-state index in [4.69, 9.17) is 0 Å². The molecule has 4 rings (SSSR count). The van der Waals surface area contributed by atoms with Crippen molar-refractivity contribution >= 4 is 33.4 Å². The third-order valence-corrected chi connectivity index (χ3v) is 4.17. The highest BCUT2D eigenvalue weighted by molar-refractivity contribution is 5.93. The molecule has 24 heavy (non-hydrogen) atoms. The monoisotopic (exact) mass is 315 g/mol. The Balaban J connectivity index is 1.44. The molecular weight excluding hydrogens is 298 g/mol. The van der Waals surface area contributed by atoms with Gasteiger partial charge in [0.2, 0.25) is 5.91 Å². The number of para-hydroxylation sites is 2. The first-order valence-corrected chi connectivity index (χ1v) is 7.99. The first kappa shape index (κ1) is 14.5. The van der Waals surface area contributed by atoms with Crippen LogP contribution < -0.4 is 5.32 Å². The molecule has 2 aromatic heterocycles. The maximum absolute atomic E-state index is 12.2. The van der Waals surface area contributed by atoms with Crippen LogP contribution in [0.1, 0.15) is 12.0 Å². The van der Waals surface area contributed by atoms with E-state index in [1.807, 2.05) is 54.7 Å². The second kappa shape index (κ2) is 6.16. The summed E-state index contributed by atoms with van der Waals surface area (Å²) < 4.78 is 0. The number of pyridine rings is 1. The molecule has 4 aromatic rings. The van der Waals surface area contributed by atoms with E-state index in [1.54, 1.807) is 6.20 Å². The second-order valence-corrected chi connectivity index (χ2v) is 5.82. The lowest BCUT2D eigenvalue weighted by Gasteiger charge is -2.06. The number of benzene rings is 2. The van der Waals surface area contributed by atoms with Crippen LogP contribution in [0.15, 0.2) is 67.0 Å². The molecule has 0 fully saturated rings. The first-order chi connectivity index (χ1) is 11.8. The molecule has 0 spiro atoms. The predicted octanol–water partition coefficient (Wildman–Crippen LogP) is 4.29. The molecule has 0 aliphatic carbocycles. The van der Waals surface area contributed by atoms with Gasteiger partial charge in [-0.3, -0.25) is 9.78 Å². The maximum Gasteiger partial charge on any atom is 0.224 e. The minimum atomic E-state index is -0.00244. The van der Waals surface area contributed by atoms with Gasteiger partial charge in [0.05, 0.1) is 17.4 Å². The summed E-state index contributed by atoms with van der Waals surface area (Å²) >= 11 is 0. The van der Waals surface area contributed by atoms with Gasteiger partial charge >= 0.3 is 0 Å². The molecule has 1 amide bonds. The van der Waals surface area contributed by atoms with E-state index >= 15 is 0 Å². The van der Waals surface area contributed by atoms with E-state index in [9.17, 15) is 4.79 Å². The van der Waals surface area contributed by atoms with Crippen molar-refractivity contribution in [2.24, 2.45) is 0 Å². The summed E-state index contributed by atoms with van der Waals surface area (Å²) in [6.45, 7) is 0. The summed E-state index contributed by atoms with van der Waals surface area (Å²) in [5, 5.41) is 5.13. The number of rotatable bonds is 4. The van der Waals surface area contributed by atoms with E-state index in [-0.39, 0.29) is 5.91 Å². The smallest absolute Gasteiger partial charge is 0.224 e. The number of hydrogen-bond acceptors (Lipinski definition) is 2. The Morgan fingerprint density at radius 3 is 2.88 bits per heavy atom. The first-order valence-electron chi connectivity index (χ1n) is 7.99. The van der Waals surface area contributed by atoms with Crippen molar-refractivity contribution in [3.8, 4) is 0 Å². The normalized spacial score (nSPS) is 11.0. The number of carbonyl (C=O) groups is 1. The van der Waals surface area contributed by atoms with Crippen LogP contribution in [0, 0.1) is 0 Å². The van der Waals surface area contributed by atoms with E-state index in [1.165, 1.54) is 5.39 Å². The van der Waals surface area contributed by atoms with E-state index in [2.05, 4.69) is 21.4 Å². The van der Waals surface area contributed by atoms with Crippen LogP contribution in [0.3, 0.4) is 0 Å². The lowest BCUT2D eigenvalue weighted by atomic mass is 10.1. The fourth-order valence-electron chi connectivity index (χ4n) is 2.95. The summed E-state index contributed by atoms with van der Waals surface area (Å²) in [4.78, 5) is 19.8. The number of anilines is 1. The molecular formula is C20H17N3O. The number of carbonyl (C=O) groups excluding carboxylic acids is 1. The lowest BCUT2D eigenvalue weighted by molar-refractivity contribution is -0.116. The van der Waals surface area contributed by atoms with Crippen LogP contribution in [0.4, 0.5) is 5.69 Å². The van der Waals surface area contributed by atoms with Crippen molar-refractivity contribution in [2.75, 3.05) is 5.32 Å². The molecule has 2 aromatic carbocycles. The topological polar surface area (TPSA) is 57.8 Å². The van der Waals surface area contributed by atoms with Crippen LogP contribution in [0.5, 0.6) is 0 Å². The van der Waals surface area contributed by atoms with Crippen molar-refractivity contribution in [1.82, 2.24) is 9.97 Å². The highest BCUT2D eigenvalue weighted by Gasteiger charge is 2.07. The minimum Gasteiger partial charge on any atom is -0.361 e. The zero-order chi connectivity index (χ0) is 16.4. The van der Waals surface area contributed by atoms with Crippen LogP contribution in [0.2, 0.25) is 0 Å². The van der Waals surface area contributed by atoms with Crippen molar-refractivity contribution in [1.29, 1.82) is 0 Å². The van der Waals surface area contributed by atoms with Gasteiger partial charge in [-0.05, 0) is 30.2 Å². The molecule has 0 aliphatic heterocycles. The second-order valence-electron chi connectivity index (χ2n) is 5.82. The number of hydrogen-bond donors (Lipinski definition) is 2. The SMILES string of the molecule is O=C(CCc1c[nH]c2ccccc12)Nc1cnc2ccccc2c1. The Hall–Kier alpha value is -3.14. The Kier molecular flexibility index (Phi) is 3.71. The predicted molar refractivity (Wildman–Crippen MR) is 97.0 cm³/mol. The summed E-state index contributed by atoms with van der Waals surface area (Å²) in [6, 6.07) is 17.9. The largest absolute Gasteiger partial charge is 0.361 e. The highest BCUT2D eigenvalue weighted by Crippen LogP contribution is 2.20. The van der Waals surface area contributed by atoms with Crippen LogP contribution in [-0.4, -0.2) is 15.9 Å². The Morgan fingerprint density at radius 2 is 1.92 bits per heavy atom. The van der Waals surface area contributed by atoms with Crippen molar-refractivity contribution in [3.05, 3.63) is 72.6 Å². The molecule has 0 atom stereocenters. The number of aromatic nitrogens is 2. The zero-order valence-corrected chi connectivity index (χ0v) is 13.1. The molecule has 4 heteroatoms. The molecule has 0 bridgehead atoms. The summed E-state index contributed by atoms with van der Waals surface area (Å²) in [6.07, 6.45) is 4.83. The number of aromatic amines is 1. The molecule has 0 saturated carbocycles. The lowest BCUT2D eigenvalue weighted by Crippen LogP contribution is -2.12. The summed E-state index contributed by atoms with van der Waals surface area (Å²) in [5.41, 5.74) is 3.93. The van der Waals surface area contributed by atoms with Crippen molar-refractivity contribution < 1.29 is 4.79 Å². The van der Waals surface area contributed by atoms with Crippen LogP contribution in [0.25, 0.3) is 21.8 Å². The van der Waals surface area contributed by atoms with Gasteiger partial charge in [0.15, 0.2) is 0 Å². The molecule has 2 heterocycles. The summed E-state index contributed by atoms with van der Waals surface area (Å²) in [5.74, 6) is -0.00244. The Labute approximate surface area is 139 Å². The molecule has 0 aliphatic rings. The third kappa shape index (κ3) is 2.86. The summed E-state index contributed by atoms with van der Waals surface area (Å²) in [7, 11) is 0. The molecule has 4 nitrogen and oxygen atoms in total. The zero-order valence-electron chi connectivity index (χ0n) is 13.1. The molecule has 118 valence electrons. The van der Waals surface area contributed by atoms with Gasteiger partial charge in [0.1, 0.15) is 0 Å². The van der Waals surface area contributed by atoms with Gasteiger partial charge < -0.3 is 10.3 Å². The van der Waals surface area contributed by atoms with E-state index < -0.39 is 0 Å².